The molecule has 0 aliphatic rings. The third-order valence-corrected chi connectivity index (χ3v) is 10.1. The first kappa shape index (κ1) is 45.7. The van der Waals surface area contributed by atoms with E-state index < -0.39 is 46.7 Å². The molecular weight excluding hydrogens is 841 g/mol. The molecule has 0 unspecified atom stereocenters. The lowest BCUT2D eigenvalue weighted by molar-refractivity contribution is -0.120. The molecular formula is C47H42N6O12. The fourth-order valence-electron chi connectivity index (χ4n) is 6.65. The number of carboxylic acids is 1. The van der Waals surface area contributed by atoms with Gasteiger partial charge in [0.05, 0.1) is 49.0 Å². The van der Waals surface area contributed by atoms with Crippen LogP contribution in [0.1, 0.15) is 71.6 Å². The number of rotatable bonds is 18. The molecule has 1 heterocycles. The number of carboxylic acid groups (broad SMARTS) is 1. The first-order valence-electron chi connectivity index (χ1n) is 19.7. The number of allylic oxidation sites excluding steroid dienone is 1. The summed E-state index contributed by atoms with van der Waals surface area (Å²) in [7, 11) is 2.38. The highest BCUT2D eigenvalue weighted by atomic mass is 16.5. The maximum atomic E-state index is 13.7. The van der Waals surface area contributed by atoms with E-state index in [-0.39, 0.29) is 70.6 Å². The third kappa shape index (κ3) is 11.2. The van der Waals surface area contributed by atoms with E-state index in [1.54, 1.807) is 49.4 Å². The van der Waals surface area contributed by atoms with Crippen molar-refractivity contribution in [3.63, 3.8) is 0 Å². The fourth-order valence-corrected chi connectivity index (χ4v) is 6.65. The van der Waals surface area contributed by atoms with Gasteiger partial charge >= 0.3 is 5.97 Å². The van der Waals surface area contributed by atoms with Gasteiger partial charge in [-0.1, -0.05) is 36.4 Å². The number of anilines is 3. The number of phenolic OH excluding ortho intramolecular Hbond substituents is 2. The topological polar surface area (TPSA) is 279 Å². The SMILES string of the molecule is COc1c(NC(=O)c2ccc(NC(=O)c3ccc(NC(=O)[C@@H](CC(=O)c4ccc(CC(=O)/C(C)=C/c5ccc(O)cc5)cc4)Cc4cn[nH]n4)cc3)c(OC)c2O)ccc(C(=O)O)c1O. The first-order chi connectivity index (χ1) is 31.1. The molecule has 8 N–H and O–H groups in total. The Morgan fingerprint density at radius 3 is 1.88 bits per heavy atom. The normalized spacial score (nSPS) is 11.5. The Morgan fingerprint density at radius 1 is 0.708 bits per heavy atom. The summed E-state index contributed by atoms with van der Waals surface area (Å²) in [5, 5.41) is 58.3. The second-order valence-electron chi connectivity index (χ2n) is 14.6. The van der Waals surface area contributed by atoms with Gasteiger partial charge < -0.3 is 45.9 Å². The van der Waals surface area contributed by atoms with Crippen LogP contribution in [0.4, 0.5) is 17.1 Å². The molecule has 6 aromatic rings. The van der Waals surface area contributed by atoms with Gasteiger partial charge in [0.15, 0.2) is 34.6 Å². The highest BCUT2D eigenvalue weighted by Gasteiger charge is 2.26. The predicted octanol–water partition coefficient (Wildman–Crippen LogP) is 6.43. The maximum absolute atomic E-state index is 13.7. The molecule has 332 valence electrons. The number of aromatic nitrogens is 3. The molecule has 1 atom stereocenters. The van der Waals surface area contributed by atoms with E-state index in [4.69, 9.17) is 9.47 Å². The summed E-state index contributed by atoms with van der Waals surface area (Å²) in [4.78, 5) is 77.9. The molecule has 3 amide bonds. The summed E-state index contributed by atoms with van der Waals surface area (Å²) in [6.07, 6.45) is 3.19. The molecule has 6 rings (SSSR count). The smallest absolute Gasteiger partial charge is 0.339 e. The number of nitrogens with zero attached hydrogens (tertiary/aromatic N) is 2. The predicted molar refractivity (Wildman–Crippen MR) is 237 cm³/mol. The highest BCUT2D eigenvalue weighted by Crippen LogP contribution is 2.40. The van der Waals surface area contributed by atoms with E-state index in [0.717, 1.165) is 11.6 Å². The van der Waals surface area contributed by atoms with Gasteiger partial charge in [0.25, 0.3) is 11.8 Å². The van der Waals surface area contributed by atoms with Gasteiger partial charge in [-0.15, -0.1) is 0 Å². The summed E-state index contributed by atoms with van der Waals surface area (Å²) < 4.78 is 10.4. The van der Waals surface area contributed by atoms with Crippen molar-refractivity contribution in [1.29, 1.82) is 0 Å². The Hall–Kier alpha value is -8.80. The molecule has 0 saturated carbocycles. The van der Waals surface area contributed by atoms with Crippen LogP contribution in [0, 0.1) is 5.92 Å². The number of phenols is 3. The van der Waals surface area contributed by atoms with Crippen LogP contribution in [-0.2, 0) is 22.4 Å². The van der Waals surface area contributed by atoms with Crippen LogP contribution in [0.2, 0.25) is 0 Å². The number of hydrogen-bond acceptors (Lipinski definition) is 13. The summed E-state index contributed by atoms with van der Waals surface area (Å²) in [6.45, 7) is 1.71. The number of benzene rings is 5. The van der Waals surface area contributed by atoms with Gasteiger partial charge in [-0.2, -0.15) is 15.4 Å². The van der Waals surface area contributed by atoms with E-state index in [1.165, 1.54) is 75.0 Å². The number of Topliss-reactive ketones (excluding diaryl/α,β-unsaturated/α-hetero) is 2. The second-order valence-corrected chi connectivity index (χ2v) is 14.6. The number of carbonyl (C=O) groups excluding carboxylic acids is 5. The summed E-state index contributed by atoms with van der Waals surface area (Å²) in [5.74, 6) is -6.53. The van der Waals surface area contributed by atoms with Crippen molar-refractivity contribution >= 4 is 58.4 Å². The summed E-state index contributed by atoms with van der Waals surface area (Å²) >= 11 is 0. The minimum Gasteiger partial charge on any atom is -0.508 e. The molecule has 0 fully saturated rings. The number of H-pyrrole nitrogens is 1. The summed E-state index contributed by atoms with van der Waals surface area (Å²) in [6, 6.07) is 23.7. The van der Waals surface area contributed by atoms with Crippen LogP contribution in [0.15, 0.2) is 109 Å². The number of carbonyl (C=O) groups is 6. The number of ether oxygens (including phenoxy) is 2. The minimum absolute atomic E-state index is 0.00248. The molecule has 0 aliphatic carbocycles. The van der Waals surface area contributed by atoms with E-state index in [2.05, 4.69) is 31.4 Å². The van der Waals surface area contributed by atoms with Crippen molar-refractivity contribution in [2.75, 3.05) is 30.2 Å². The molecule has 0 spiro atoms. The fraction of sp³-hybridized carbons (Fsp3) is 0.149. The maximum Gasteiger partial charge on any atom is 0.339 e. The van der Waals surface area contributed by atoms with Crippen LogP contribution in [0.3, 0.4) is 0 Å². The van der Waals surface area contributed by atoms with Crippen molar-refractivity contribution in [3.05, 3.63) is 148 Å². The minimum atomic E-state index is -1.42. The number of hydrogen-bond donors (Lipinski definition) is 8. The lowest BCUT2D eigenvalue weighted by Crippen LogP contribution is -2.27. The zero-order chi connectivity index (χ0) is 46.8. The Bertz CT molecular complexity index is 2790. The van der Waals surface area contributed by atoms with Crippen LogP contribution in [-0.4, -0.2) is 85.3 Å². The zero-order valence-corrected chi connectivity index (χ0v) is 35.0. The average molecular weight is 883 g/mol. The van der Waals surface area contributed by atoms with E-state index >= 15 is 0 Å². The van der Waals surface area contributed by atoms with E-state index in [9.17, 15) is 49.2 Å². The van der Waals surface area contributed by atoms with Gasteiger partial charge in [-0.25, -0.2) is 4.79 Å². The molecule has 0 bridgehead atoms. The Kier molecular flexibility index (Phi) is 14.3. The van der Waals surface area contributed by atoms with E-state index in [1.807, 2.05) is 0 Å². The number of aromatic carboxylic acids is 1. The standard InChI is InChI=1S/C47H42N6O12/c1-25(20-26-6-14-33(54)15-7-26)38(55)21-27-4-8-28(9-5-27)39(56)23-30(22-32-24-48-53-52-32)45(60)49-31-12-10-29(11-13-31)44(59)50-36-18-16-34(40(57)42(36)64-2)46(61)51-37-19-17-35(47(62)63)41(58)43(37)65-3/h4-20,24,30,54,57-58H,21-23H2,1-3H3,(H,49,60)(H,50,59)(H,51,61)(H,62,63)(H,48,52,53)/b25-20+/t30-/m1/s1. The van der Waals surface area contributed by atoms with Gasteiger partial charge in [-0.3, -0.25) is 24.0 Å². The van der Waals surface area contributed by atoms with Crippen LogP contribution >= 0.6 is 0 Å². The zero-order valence-electron chi connectivity index (χ0n) is 35.0. The Balaban J connectivity index is 1.08. The molecule has 18 nitrogen and oxygen atoms in total. The lowest BCUT2D eigenvalue weighted by atomic mass is 9.92. The molecule has 5 aromatic carbocycles. The molecule has 0 radical (unpaired) electrons. The summed E-state index contributed by atoms with van der Waals surface area (Å²) in [5.41, 5.74) is 2.43. The largest absolute Gasteiger partial charge is 0.508 e. The number of amides is 3. The van der Waals surface area contributed by atoms with Gasteiger partial charge in [0, 0.05) is 36.1 Å². The second kappa shape index (κ2) is 20.4. The van der Waals surface area contributed by atoms with Crippen molar-refractivity contribution in [1.82, 2.24) is 15.4 Å². The quantitative estimate of drug-likeness (QED) is 0.0341. The number of nitrogens with one attached hydrogen (secondary N) is 4. The van der Waals surface area contributed by atoms with Crippen molar-refractivity contribution in [3.8, 4) is 28.7 Å². The third-order valence-electron chi connectivity index (χ3n) is 10.1. The average Bonchev–Trinajstić information content (AvgIpc) is 3.80. The first-order valence-corrected chi connectivity index (χ1v) is 19.7. The Morgan fingerprint density at radius 2 is 1.29 bits per heavy atom. The molecule has 1 aromatic heterocycles. The highest BCUT2D eigenvalue weighted by molar-refractivity contribution is 6.10. The van der Waals surface area contributed by atoms with Gasteiger partial charge in [0.1, 0.15) is 11.3 Å². The van der Waals surface area contributed by atoms with Crippen LogP contribution in [0.5, 0.6) is 28.7 Å². The van der Waals surface area contributed by atoms with Crippen molar-refractivity contribution in [2.24, 2.45) is 5.92 Å². The Labute approximate surface area is 370 Å². The van der Waals surface area contributed by atoms with Crippen molar-refractivity contribution < 1.29 is 58.7 Å². The van der Waals surface area contributed by atoms with Crippen LogP contribution in [0.25, 0.3) is 6.08 Å². The van der Waals surface area contributed by atoms with E-state index in [0.29, 0.717) is 28.1 Å². The molecule has 0 aliphatic heterocycles. The van der Waals surface area contributed by atoms with Gasteiger partial charge in [-0.05, 0) is 90.4 Å². The van der Waals surface area contributed by atoms with Gasteiger partial charge in [0.2, 0.25) is 5.91 Å². The number of methoxy groups -OCH3 is 2. The molecule has 18 heteroatoms. The number of ketones is 2. The lowest BCUT2D eigenvalue weighted by Gasteiger charge is -2.17. The molecule has 0 saturated heterocycles. The number of aromatic hydroxyl groups is 3. The van der Waals surface area contributed by atoms with Crippen LogP contribution < -0.4 is 25.4 Å². The van der Waals surface area contributed by atoms with Crippen molar-refractivity contribution in [2.45, 2.75) is 26.2 Å². The monoisotopic (exact) mass is 882 g/mol. The number of aromatic amines is 1. The molecule has 65 heavy (non-hydrogen) atoms.